The lowest BCUT2D eigenvalue weighted by Crippen LogP contribution is -2.15. The molecule has 0 aromatic rings. The van der Waals surface area contributed by atoms with E-state index in [2.05, 4.69) is 70.7 Å². The van der Waals surface area contributed by atoms with Crippen LogP contribution in [0.3, 0.4) is 0 Å². The Morgan fingerprint density at radius 1 is 0.867 bits per heavy atom. The Morgan fingerprint density at radius 2 is 1.27 bits per heavy atom. The first-order chi connectivity index (χ1) is 6.76. The van der Waals surface area contributed by atoms with Crippen LogP contribution >= 0.6 is 0 Å². The van der Waals surface area contributed by atoms with Crippen LogP contribution in [0.4, 0.5) is 0 Å². The van der Waals surface area contributed by atoms with E-state index in [9.17, 15) is 0 Å². The third kappa shape index (κ3) is 1.01. The Balaban J connectivity index is 2.39. The molecule has 2 rings (SSSR count). The predicted octanol–water partition coefficient (Wildman–Crippen LogP) is 2.88. The summed E-state index contributed by atoms with van der Waals surface area (Å²) in [7, 11) is 4.18. The molecule has 82 valence electrons. The molecule has 2 aliphatic carbocycles. The molecule has 15 heavy (non-hydrogen) atoms. The van der Waals surface area contributed by atoms with Gasteiger partial charge in [-0.1, -0.05) is 39.8 Å². The molecule has 0 atom stereocenters. The van der Waals surface area contributed by atoms with Crippen molar-refractivity contribution in [1.82, 2.24) is 0 Å². The molecule has 1 heteroatoms. The van der Waals surface area contributed by atoms with E-state index in [1.54, 1.807) is 0 Å². The molecule has 1 spiro atoms. The van der Waals surface area contributed by atoms with Crippen molar-refractivity contribution < 1.29 is 4.58 Å². The fraction of sp³-hybridized carbons (Fsp3) is 0.643. The summed E-state index contributed by atoms with van der Waals surface area (Å²) < 4.78 is 2.15. The zero-order chi connectivity index (χ0) is 11.5. The zero-order valence-electron chi connectivity index (χ0n) is 10.8. The quantitative estimate of drug-likeness (QED) is 0.534. The van der Waals surface area contributed by atoms with Crippen molar-refractivity contribution in [3.63, 3.8) is 0 Å². The van der Waals surface area contributed by atoms with Gasteiger partial charge in [-0.15, -0.1) is 0 Å². The number of nitrogens with zero attached hydrogens (tertiary/aromatic N) is 1. The normalized spacial score (nSPS) is 28.3. The summed E-state index contributed by atoms with van der Waals surface area (Å²) >= 11 is 0. The van der Waals surface area contributed by atoms with Crippen molar-refractivity contribution in [2.45, 2.75) is 27.7 Å². The van der Waals surface area contributed by atoms with Gasteiger partial charge in [-0.05, 0) is 10.8 Å². The van der Waals surface area contributed by atoms with Crippen molar-refractivity contribution in [2.75, 3.05) is 14.1 Å². The van der Waals surface area contributed by atoms with Crippen molar-refractivity contribution in [1.29, 1.82) is 0 Å². The average molecular weight is 204 g/mol. The summed E-state index contributed by atoms with van der Waals surface area (Å²) in [5.74, 6) is 0. The molecule has 0 radical (unpaired) electrons. The average Bonchev–Trinajstić information content (AvgIpc) is 2.46. The van der Waals surface area contributed by atoms with Gasteiger partial charge >= 0.3 is 0 Å². The minimum atomic E-state index is 0.277. The first-order valence-electron chi connectivity index (χ1n) is 5.69. The summed E-state index contributed by atoms with van der Waals surface area (Å²) in [6, 6.07) is 0. The van der Waals surface area contributed by atoms with Gasteiger partial charge in [0.2, 0.25) is 0 Å². The van der Waals surface area contributed by atoms with Crippen LogP contribution in [0.25, 0.3) is 0 Å². The number of hydrogen-bond acceptors (Lipinski definition) is 0. The van der Waals surface area contributed by atoms with Crippen LogP contribution in [0.5, 0.6) is 0 Å². The maximum Gasteiger partial charge on any atom is 0.198 e. The van der Waals surface area contributed by atoms with Gasteiger partial charge in [0.1, 0.15) is 14.1 Å². The third-order valence-corrected chi connectivity index (χ3v) is 5.12. The number of allylic oxidation sites excluding steroid dienone is 4. The highest BCUT2D eigenvalue weighted by molar-refractivity contribution is 6.01. The molecule has 0 heterocycles. The molecule has 0 aromatic carbocycles. The van der Waals surface area contributed by atoms with Crippen LogP contribution in [0.1, 0.15) is 27.7 Å². The molecule has 0 bridgehead atoms. The van der Waals surface area contributed by atoms with Crippen LogP contribution in [0.15, 0.2) is 24.3 Å². The monoisotopic (exact) mass is 204 g/mol. The molecule has 0 N–H and O–H groups in total. The maximum atomic E-state index is 2.39. The van der Waals surface area contributed by atoms with E-state index in [0.717, 1.165) is 0 Å². The molecule has 2 aliphatic rings. The Labute approximate surface area is 93.2 Å². The lowest BCUT2D eigenvalue weighted by molar-refractivity contribution is -0.462. The van der Waals surface area contributed by atoms with Crippen LogP contribution in [-0.4, -0.2) is 24.4 Å². The van der Waals surface area contributed by atoms with E-state index in [1.165, 1.54) is 5.71 Å². The molecule has 0 unspecified atom stereocenters. The Kier molecular flexibility index (Phi) is 1.87. The van der Waals surface area contributed by atoms with Crippen molar-refractivity contribution in [3.8, 4) is 0 Å². The summed E-state index contributed by atoms with van der Waals surface area (Å²) in [5.41, 5.74) is 2.33. The SMILES string of the molecule is C[N+](C)=C1C=CC2(C=C1)C(C)(C)C2(C)C. The predicted molar refractivity (Wildman–Crippen MR) is 65.4 cm³/mol. The third-order valence-electron chi connectivity index (χ3n) is 5.12. The molecule has 1 nitrogen and oxygen atoms in total. The van der Waals surface area contributed by atoms with Crippen LogP contribution in [0.2, 0.25) is 0 Å². The minimum Gasteiger partial charge on any atom is -0.235 e. The van der Waals surface area contributed by atoms with Gasteiger partial charge in [0.25, 0.3) is 0 Å². The molecule has 0 amide bonds. The van der Waals surface area contributed by atoms with Gasteiger partial charge in [-0.2, -0.15) is 0 Å². The molecule has 0 aromatic heterocycles. The van der Waals surface area contributed by atoms with Crippen molar-refractivity contribution >= 4 is 5.71 Å². The maximum absolute atomic E-state index is 2.39. The second-order valence-electron chi connectivity index (χ2n) is 6.10. The van der Waals surface area contributed by atoms with Crippen LogP contribution in [-0.2, 0) is 0 Å². The fourth-order valence-corrected chi connectivity index (χ4v) is 3.08. The highest BCUT2D eigenvalue weighted by Crippen LogP contribution is 2.79. The molecule has 1 fully saturated rings. The van der Waals surface area contributed by atoms with Gasteiger partial charge in [-0.3, -0.25) is 0 Å². The van der Waals surface area contributed by atoms with Crippen molar-refractivity contribution in [2.24, 2.45) is 16.2 Å². The fourth-order valence-electron chi connectivity index (χ4n) is 3.08. The zero-order valence-corrected chi connectivity index (χ0v) is 10.8. The Hall–Kier alpha value is -0.850. The second kappa shape index (κ2) is 2.63. The van der Waals surface area contributed by atoms with E-state index in [1.807, 2.05) is 0 Å². The summed E-state index contributed by atoms with van der Waals surface area (Å²) in [5, 5.41) is 0. The first kappa shape index (κ1) is 10.7. The van der Waals surface area contributed by atoms with E-state index >= 15 is 0 Å². The largest absolute Gasteiger partial charge is 0.235 e. The molecule has 1 saturated carbocycles. The molecule has 0 aliphatic heterocycles. The van der Waals surface area contributed by atoms with Gasteiger partial charge in [-0.25, -0.2) is 4.58 Å². The number of hydrogen-bond donors (Lipinski definition) is 0. The van der Waals surface area contributed by atoms with E-state index in [-0.39, 0.29) is 5.41 Å². The van der Waals surface area contributed by atoms with Gasteiger partial charge in [0.05, 0.1) is 0 Å². The lowest BCUT2D eigenvalue weighted by atomic mass is 9.89. The van der Waals surface area contributed by atoms with Gasteiger partial charge in [0, 0.05) is 17.6 Å². The summed E-state index contributed by atoms with van der Waals surface area (Å²) in [6.45, 7) is 9.45. The van der Waals surface area contributed by atoms with E-state index < -0.39 is 0 Å². The first-order valence-corrected chi connectivity index (χ1v) is 5.69. The van der Waals surface area contributed by atoms with Gasteiger partial charge in [0.15, 0.2) is 5.71 Å². The molecule has 0 saturated heterocycles. The molecular formula is C14H22N+. The van der Waals surface area contributed by atoms with Gasteiger partial charge < -0.3 is 0 Å². The minimum absolute atomic E-state index is 0.277. The smallest absolute Gasteiger partial charge is 0.198 e. The summed E-state index contributed by atoms with van der Waals surface area (Å²) in [6.07, 6.45) is 9.30. The standard InChI is InChI=1S/C14H22N/c1-12(2)13(3,4)14(12)9-7-11(8-10-14)15(5)6/h7-10H,1-6H3/q+1. The lowest BCUT2D eigenvalue weighted by Gasteiger charge is -2.14. The molecular weight excluding hydrogens is 182 g/mol. The van der Waals surface area contributed by atoms with Crippen molar-refractivity contribution in [3.05, 3.63) is 24.3 Å². The Bertz CT molecular complexity index is 356. The van der Waals surface area contributed by atoms with Crippen LogP contribution in [0, 0.1) is 16.2 Å². The van der Waals surface area contributed by atoms with E-state index in [0.29, 0.717) is 10.8 Å². The van der Waals surface area contributed by atoms with Crippen LogP contribution < -0.4 is 0 Å². The second-order valence-corrected chi connectivity index (χ2v) is 6.10. The number of rotatable bonds is 0. The summed E-state index contributed by atoms with van der Waals surface area (Å²) in [4.78, 5) is 0. The Morgan fingerprint density at radius 3 is 1.53 bits per heavy atom. The van der Waals surface area contributed by atoms with E-state index in [4.69, 9.17) is 0 Å². The highest BCUT2D eigenvalue weighted by atomic mass is 14.9. The highest BCUT2D eigenvalue weighted by Gasteiger charge is 2.74. The topological polar surface area (TPSA) is 3.01 Å².